The third-order valence-electron chi connectivity index (χ3n) is 9.91. The van der Waals surface area contributed by atoms with Gasteiger partial charge in [0, 0.05) is 10.8 Å². The van der Waals surface area contributed by atoms with Crippen molar-refractivity contribution in [2.24, 2.45) is 21.8 Å². The van der Waals surface area contributed by atoms with Gasteiger partial charge >= 0.3 is 0 Å². The van der Waals surface area contributed by atoms with Gasteiger partial charge in [-0.05, 0) is 44.6 Å². The van der Waals surface area contributed by atoms with Crippen LogP contribution in [-0.2, 0) is 30.3 Å². The second-order valence-electron chi connectivity index (χ2n) is 14.4. The van der Waals surface area contributed by atoms with Crippen molar-refractivity contribution < 1.29 is 28.7 Å². The number of rotatable bonds is 5. The Morgan fingerprint density at radius 3 is 2.06 bits per heavy atom. The summed E-state index contributed by atoms with van der Waals surface area (Å²) in [4.78, 5) is 68.9. The van der Waals surface area contributed by atoms with Gasteiger partial charge < -0.3 is 36.1 Å². The Hall–Kier alpha value is -4.44. The molecule has 0 spiro atoms. The van der Waals surface area contributed by atoms with Crippen LogP contribution in [0.1, 0.15) is 82.0 Å². The van der Waals surface area contributed by atoms with Crippen LogP contribution in [0.4, 0.5) is 0 Å². The molecule has 6 rings (SSSR count). The van der Waals surface area contributed by atoms with Gasteiger partial charge in [0.15, 0.2) is 12.1 Å². The molecule has 0 aliphatic carbocycles. The summed E-state index contributed by atoms with van der Waals surface area (Å²) < 4.78 is 12.3. The summed E-state index contributed by atoms with van der Waals surface area (Å²) in [5, 5.41) is 19.1. The molecule has 4 amide bonds. The van der Waals surface area contributed by atoms with Gasteiger partial charge in [-0.1, -0.05) is 64.4 Å². The largest absolute Gasteiger partial charge is 0.474 e. The number of fused-ring (bicyclic) bond motifs is 6. The van der Waals surface area contributed by atoms with Crippen LogP contribution in [0, 0.1) is 11.8 Å². The number of benzene rings is 1. The number of thioether (sulfide) groups is 1. The summed E-state index contributed by atoms with van der Waals surface area (Å²) in [6.45, 7) is 13.3. The van der Waals surface area contributed by atoms with E-state index in [1.807, 2.05) is 65.0 Å². The predicted octanol–water partition coefficient (Wildman–Crippen LogP) is 3.22. The first-order valence-corrected chi connectivity index (χ1v) is 20.0. The van der Waals surface area contributed by atoms with Crippen molar-refractivity contribution in [1.29, 1.82) is 0 Å². The summed E-state index contributed by atoms with van der Waals surface area (Å²) in [5.74, 6) is -1.07. The molecule has 5 heterocycles. The number of amides is 4. The Morgan fingerprint density at radius 1 is 0.792 bits per heavy atom. The lowest BCUT2D eigenvalue weighted by atomic mass is 9.98. The first kappa shape index (κ1) is 38.3. The molecule has 0 radical (unpaired) electrons. The Morgan fingerprint density at radius 2 is 1.42 bits per heavy atom. The maximum absolute atomic E-state index is 14.0. The topological polar surface area (TPSA) is 184 Å². The number of hydrogen-bond donors (Lipinski definition) is 5. The molecule has 14 nitrogen and oxygen atoms in total. The van der Waals surface area contributed by atoms with Crippen molar-refractivity contribution in [3.8, 4) is 0 Å². The number of carbonyl (C=O) groups is 4. The molecule has 53 heavy (non-hydrogen) atoms. The van der Waals surface area contributed by atoms with E-state index in [1.165, 1.54) is 23.1 Å². The standard InChI is InChI=1S/C37H48N8O6S2/c1-8-18(4)27-35-45-29(21(7)51-35)33(49)39-23(14-22-12-10-9-11-13-22)37-41-25(16-53-37)30(46)42-26(17(2)3)34-44-28(20(6)50-34)32(48)38-19(5)36-40-24(15-52-36)31(47)43-27/h9-13,15-21,23,26-29,36,40H,8,14H2,1-7H3,(H,38,48)(H,39,49)(H,42,46)(H,43,47)/t18?,19-,20-,21-,23-,26+,27+,28+,29+,36?/m1/s1. The van der Waals surface area contributed by atoms with Gasteiger partial charge in [-0.25, -0.2) is 15.0 Å². The number of hydrogen-bond acceptors (Lipinski definition) is 12. The van der Waals surface area contributed by atoms with Gasteiger partial charge in [0.05, 0.1) is 17.5 Å². The maximum Gasteiger partial charge on any atom is 0.271 e. The van der Waals surface area contributed by atoms with E-state index in [0.717, 1.165) is 12.0 Å². The van der Waals surface area contributed by atoms with Gasteiger partial charge in [-0.15, -0.1) is 23.1 Å². The molecule has 4 aliphatic heterocycles. The van der Waals surface area contributed by atoms with E-state index >= 15 is 0 Å². The van der Waals surface area contributed by atoms with Gasteiger partial charge in [-0.2, -0.15) is 0 Å². The lowest BCUT2D eigenvalue weighted by Gasteiger charge is -2.26. The molecule has 0 saturated carbocycles. The highest BCUT2D eigenvalue weighted by Gasteiger charge is 2.42. The van der Waals surface area contributed by atoms with Crippen LogP contribution in [0.5, 0.6) is 0 Å². The van der Waals surface area contributed by atoms with Crippen LogP contribution >= 0.6 is 23.1 Å². The van der Waals surface area contributed by atoms with Gasteiger partial charge in [0.1, 0.15) is 40.7 Å². The molecule has 10 atom stereocenters. The maximum atomic E-state index is 14.0. The molecule has 284 valence electrons. The fourth-order valence-electron chi connectivity index (χ4n) is 6.51. The number of ether oxygens (including phenoxy) is 2. The van der Waals surface area contributed by atoms with E-state index in [1.54, 1.807) is 24.6 Å². The molecular formula is C37H48N8O6S2. The number of aliphatic imine (C=N–C) groups is 2. The van der Waals surface area contributed by atoms with Crippen LogP contribution in [0.15, 0.2) is 56.8 Å². The second kappa shape index (κ2) is 16.3. The Balaban J connectivity index is 1.34. The summed E-state index contributed by atoms with van der Waals surface area (Å²) >= 11 is 2.66. The van der Waals surface area contributed by atoms with Gasteiger partial charge in [0.25, 0.3) is 11.8 Å². The van der Waals surface area contributed by atoms with Crippen molar-refractivity contribution in [1.82, 2.24) is 31.6 Å². The van der Waals surface area contributed by atoms with E-state index in [4.69, 9.17) is 19.5 Å². The molecule has 16 heteroatoms. The normalized spacial score (nSPS) is 31.3. The minimum absolute atomic E-state index is 0.0592. The molecule has 2 aromatic rings. The number of nitrogens with zero attached hydrogens (tertiary/aromatic N) is 3. The smallest absolute Gasteiger partial charge is 0.271 e. The monoisotopic (exact) mass is 764 g/mol. The highest BCUT2D eigenvalue weighted by atomic mass is 32.2. The Kier molecular flexibility index (Phi) is 11.8. The third kappa shape index (κ3) is 8.53. The third-order valence-corrected chi connectivity index (χ3v) is 12.1. The van der Waals surface area contributed by atoms with Gasteiger partial charge in [-0.3, -0.25) is 19.2 Å². The van der Waals surface area contributed by atoms with Crippen molar-refractivity contribution >= 4 is 58.5 Å². The molecule has 0 saturated heterocycles. The summed E-state index contributed by atoms with van der Waals surface area (Å²) in [6.07, 6.45) is -0.0219. The van der Waals surface area contributed by atoms with E-state index in [0.29, 0.717) is 23.0 Å². The summed E-state index contributed by atoms with van der Waals surface area (Å²) in [7, 11) is 0. The Labute approximate surface area is 317 Å². The van der Waals surface area contributed by atoms with Gasteiger partial charge in [0.2, 0.25) is 23.6 Å². The number of nitrogens with one attached hydrogen (secondary N) is 5. The number of thiazole rings is 1. The second-order valence-corrected chi connectivity index (χ2v) is 16.3. The van der Waals surface area contributed by atoms with Crippen LogP contribution in [-0.4, -0.2) is 88.2 Å². The SMILES string of the molecule is CCC(C)[C@@H]1NC(=O)C2=CSC(N2)[C@@H](C)NC(=O)[C@H]2N=C(O[C@@H]2C)[C@H](C(C)C)NC(=O)c2csc(n2)[C@@H](Cc2ccccc2)NC(=O)[C@H]2N=C1O[C@@H]2C. The zero-order chi connectivity index (χ0) is 38.0. The van der Waals surface area contributed by atoms with Crippen molar-refractivity contribution in [3.05, 3.63) is 63.1 Å². The van der Waals surface area contributed by atoms with E-state index in [-0.39, 0.29) is 52.6 Å². The molecule has 5 N–H and O–H groups in total. The van der Waals surface area contributed by atoms with E-state index in [9.17, 15) is 19.2 Å². The summed E-state index contributed by atoms with van der Waals surface area (Å²) in [5.41, 5.74) is 1.51. The minimum Gasteiger partial charge on any atom is -0.474 e. The van der Waals surface area contributed by atoms with Crippen molar-refractivity contribution in [2.75, 3.05) is 0 Å². The zero-order valence-corrected chi connectivity index (χ0v) is 32.5. The molecule has 4 aliphatic rings. The highest BCUT2D eigenvalue weighted by Crippen LogP contribution is 2.28. The summed E-state index contributed by atoms with van der Waals surface area (Å²) in [6, 6.07) is 5.83. The number of aromatic nitrogens is 1. The van der Waals surface area contributed by atoms with Crippen molar-refractivity contribution in [3.63, 3.8) is 0 Å². The fourth-order valence-corrected chi connectivity index (χ4v) is 8.31. The average molecular weight is 765 g/mol. The van der Waals surface area contributed by atoms with E-state index in [2.05, 4.69) is 31.6 Å². The molecule has 8 bridgehead atoms. The fraction of sp³-hybridized carbons (Fsp3) is 0.541. The predicted molar refractivity (Wildman–Crippen MR) is 204 cm³/mol. The first-order valence-electron chi connectivity index (χ1n) is 18.2. The Bertz CT molecular complexity index is 1800. The molecule has 1 aromatic heterocycles. The highest BCUT2D eigenvalue weighted by molar-refractivity contribution is 8.03. The molecule has 1 aromatic carbocycles. The first-order chi connectivity index (χ1) is 25.3. The minimum atomic E-state index is -0.876. The molecular weight excluding hydrogens is 717 g/mol. The average Bonchev–Trinajstić information content (AvgIpc) is 3.95. The molecule has 0 fully saturated rings. The lowest BCUT2D eigenvalue weighted by Crippen LogP contribution is -2.51. The van der Waals surface area contributed by atoms with E-state index < -0.39 is 48.3 Å². The molecule has 2 unspecified atom stereocenters. The van der Waals surface area contributed by atoms with Crippen molar-refractivity contribution in [2.45, 2.75) is 115 Å². The lowest BCUT2D eigenvalue weighted by molar-refractivity contribution is -0.125. The van der Waals surface area contributed by atoms with Crippen LogP contribution < -0.4 is 26.6 Å². The van der Waals surface area contributed by atoms with Crippen LogP contribution in [0.25, 0.3) is 0 Å². The van der Waals surface area contributed by atoms with Crippen LogP contribution in [0.3, 0.4) is 0 Å². The zero-order valence-electron chi connectivity index (χ0n) is 30.9. The quantitative estimate of drug-likeness (QED) is 0.305. The number of carbonyl (C=O) groups excluding carboxylic acids is 4. The van der Waals surface area contributed by atoms with Crippen LogP contribution in [0.2, 0.25) is 0 Å².